The van der Waals surface area contributed by atoms with Gasteiger partial charge < -0.3 is 15.7 Å². The summed E-state index contributed by atoms with van der Waals surface area (Å²) in [6.45, 7) is 2.47. The molecule has 4 nitrogen and oxygen atoms in total. The highest BCUT2D eigenvalue weighted by Gasteiger charge is 2.39. The smallest absolute Gasteiger partial charge is 0.247 e. The molecule has 0 aromatic heterocycles. The average molecular weight is 375 g/mol. The minimum atomic E-state index is -1.05. The van der Waals surface area contributed by atoms with Gasteiger partial charge in [-0.3, -0.25) is 4.79 Å². The van der Waals surface area contributed by atoms with Crippen LogP contribution in [0, 0.1) is 0 Å². The fourth-order valence-electron chi connectivity index (χ4n) is 3.62. The normalized spacial score (nSPS) is 20.1. The van der Waals surface area contributed by atoms with E-state index in [1.54, 1.807) is 6.92 Å². The molecule has 1 heterocycles. The van der Waals surface area contributed by atoms with Crippen molar-refractivity contribution in [1.82, 2.24) is 4.90 Å². The average Bonchev–Trinajstić information content (AvgIpc) is 3.10. The Bertz CT molecular complexity index is 706. The van der Waals surface area contributed by atoms with E-state index in [9.17, 15) is 9.90 Å². The van der Waals surface area contributed by atoms with Crippen LogP contribution in [0.1, 0.15) is 43.4 Å². The molecule has 3 rings (SSSR count). The number of aliphatic hydroxyl groups excluding tert-OH is 1. The molecule has 1 fully saturated rings. The van der Waals surface area contributed by atoms with Crippen LogP contribution in [-0.2, 0) is 10.3 Å². The zero-order chi connectivity index (χ0) is 17.9. The summed E-state index contributed by atoms with van der Waals surface area (Å²) < 4.78 is 0. The van der Waals surface area contributed by atoms with E-state index >= 15 is 0 Å². The molecule has 26 heavy (non-hydrogen) atoms. The van der Waals surface area contributed by atoms with E-state index in [0.717, 1.165) is 24.0 Å². The first-order chi connectivity index (χ1) is 12.0. The number of amides is 1. The van der Waals surface area contributed by atoms with Crippen LogP contribution in [0.15, 0.2) is 60.7 Å². The number of aliphatic hydroxyl groups is 1. The number of nitrogens with two attached hydrogens (primary N) is 1. The Morgan fingerprint density at radius 2 is 1.77 bits per heavy atom. The molecule has 5 heteroatoms. The molecule has 3 atom stereocenters. The molecule has 1 amide bonds. The van der Waals surface area contributed by atoms with Gasteiger partial charge in [0.05, 0.1) is 6.10 Å². The highest BCUT2D eigenvalue weighted by Crippen LogP contribution is 2.31. The Hall–Kier alpha value is -1.88. The first-order valence-electron chi connectivity index (χ1n) is 8.88. The summed E-state index contributed by atoms with van der Waals surface area (Å²) in [5, 5.41) is 10.5. The lowest BCUT2D eigenvalue weighted by Gasteiger charge is -2.34. The van der Waals surface area contributed by atoms with Gasteiger partial charge in [0.15, 0.2) is 0 Å². The SMILES string of the molecule is CC(N)(C(=O)N1CCCC1CC(O)c1ccccc1)c1ccccc1.Cl. The monoisotopic (exact) mass is 374 g/mol. The summed E-state index contributed by atoms with van der Waals surface area (Å²) in [4.78, 5) is 15.0. The van der Waals surface area contributed by atoms with Crippen LogP contribution in [0.4, 0.5) is 0 Å². The Morgan fingerprint density at radius 1 is 1.19 bits per heavy atom. The largest absolute Gasteiger partial charge is 0.388 e. The van der Waals surface area contributed by atoms with Crippen molar-refractivity contribution >= 4 is 18.3 Å². The fraction of sp³-hybridized carbons (Fsp3) is 0.381. The van der Waals surface area contributed by atoms with Crippen molar-refractivity contribution in [1.29, 1.82) is 0 Å². The molecule has 1 aliphatic heterocycles. The van der Waals surface area contributed by atoms with Crippen LogP contribution < -0.4 is 5.73 Å². The molecule has 0 aliphatic carbocycles. The quantitative estimate of drug-likeness (QED) is 0.842. The molecule has 0 saturated carbocycles. The van der Waals surface area contributed by atoms with Gasteiger partial charge in [0, 0.05) is 12.6 Å². The summed E-state index contributed by atoms with van der Waals surface area (Å²) in [5.74, 6) is -0.0681. The molecule has 2 aromatic rings. The minimum absolute atomic E-state index is 0. The second kappa shape index (κ2) is 8.67. The maximum atomic E-state index is 13.1. The molecule has 0 radical (unpaired) electrons. The van der Waals surface area contributed by atoms with Crippen LogP contribution >= 0.6 is 12.4 Å². The van der Waals surface area contributed by atoms with Crippen molar-refractivity contribution < 1.29 is 9.90 Å². The van der Waals surface area contributed by atoms with Crippen LogP contribution in [0.25, 0.3) is 0 Å². The van der Waals surface area contributed by atoms with Crippen molar-refractivity contribution in [3.63, 3.8) is 0 Å². The number of nitrogens with zero attached hydrogens (tertiary/aromatic N) is 1. The highest BCUT2D eigenvalue weighted by molar-refractivity contribution is 5.87. The number of hydrogen-bond acceptors (Lipinski definition) is 3. The molecule has 2 aromatic carbocycles. The number of hydrogen-bond donors (Lipinski definition) is 2. The van der Waals surface area contributed by atoms with Crippen LogP contribution in [0.2, 0.25) is 0 Å². The molecule has 0 bridgehead atoms. The van der Waals surface area contributed by atoms with Gasteiger partial charge in [0.25, 0.3) is 0 Å². The van der Waals surface area contributed by atoms with E-state index in [1.165, 1.54) is 0 Å². The summed E-state index contributed by atoms with van der Waals surface area (Å²) in [6, 6.07) is 19.1. The van der Waals surface area contributed by atoms with Gasteiger partial charge in [-0.05, 0) is 37.3 Å². The lowest BCUT2D eigenvalue weighted by Crippen LogP contribution is -2.52. The Balaban J connectivity index is 0.00000243. The van der Waals surface area contributed by atoms with Gasteiger partial charge in [-0.1, -0.05) is 60.7 Å². The number of carbonyl (C=O) groups excluding carboxylic acids is 1. The van der Waals surface area contributed by atoms with Crippen molar-refractivity contribution in [3.8, 4) is 0 Å². The number of likely N-dealkylation sites (tertiary alicyclic amines) is 1. The molecule has 140 valence electrons. The van der Waals surface area contributed by atoms with Gasteiger partial charge in [-0.25, -0.2) is 0 Å². The molecular weight excluding hydrogens is 348 g/mol. The number of rotatable bonds is 5. The first-order valence-corrected chi connectivity index (χ1v) is 8.88. The second-order valence-electron chi connectivity index (χ2n) is 7.03. The third-order valence-corrected chi connectivity index (χ3v) is 5.14. The van der Waals surface area contributed by atoms with Gasteiger partial charge in [-0.15, -0.1) is 12.4 Å². The first kappa shape index (κ1) is 20.4. The molecule has 1 saturated heterocycles. The molecule has 1 aliphatic rings. The molecule has 3 unspecified atom stereocenters. The van der Waals surface area contributed by atoms with E-state index in [2.05, 4.69) is 0 Å². The summed E-state index contributed by atoms with van der Waals surface area (Å²) in [6.07, 6.45) is 1.82. The van der Waals surface area contributed by atoms with Crippen molar-refractivity contribution in [2.24, 2.45) is 5.73 Å². The van der Waals surface area contributed by atoms with Crippen LogP contribution in [0.3, 0.4) is 0 Å². The van der Waals surface area contributed by atoms with E-state index in [-0.39, 0.29) is 24.4 Å². The zero-order valence-corrected chi connectivity index (χ0v) is 15.9. The maximum Gasteiger partial charge on any atom is 0.247 e. The Kier molecular flexibility index (Phi) is 6.81. The van der Waals surface area contributed by atoms with E-state index in [0.29, 0.717) is 13.0 Å². The summed E-state index contributed by atoms with van der Waals surface area (Å²) in [5.41, 5.74) is 7.06. The van der Waals surface area contributed by atoms with Gasteiger partial charge in [-0.2, -0.15) is 0 Å². The Labute approximate surface area is 161 Å². The minimum Gasteiger partial charge on any atom is -0.388 e. The van der Waals surface area contributed by atoms with Crippen molar-refractivity contribution in [2.45, 2.75) is 43.9 Å². The molecule has 3 N–H and O–H groups in total. The molecule has 0 spiro atoms. The predicted molar refractivity (Wildman–Crippen MR) is 106 cm³/mol. The van der Waals surface area contributed by atoms with Crippen molar-refractivity contribution in [2.75, 3.05) is 6.54 Å². The van der Waals surface area contributed by atoms with Crippen molar-refractivity contribution in [3.05, 3.63) is 71.8 Å². The predicted octanol–water partition coefficient (Wildman–Crippen LogP) is 3.40. The fourth-order valence-corrected chi connectivity index (χ4v) is 3.62. The molecular formula is C21H27ClN2O2. The topological polar surface area (TPSA) is 66.6 Å². The van der Waals surface area contributed by atoms with Gasteiger partial charge in [0.2, 0.25) is 5.91 Å². The van der Waals surface area contributed by atoms with E-state index in [1.807, 2.05) is 65.6 Å². The third-order valence-electron chi connectivity index (χ3n) is 5.14. The lowest BCUT2D eigenvalue weighted by molar-refractivity contribution is -0.138. The number of carbonyl (C=O) groups is 1. The maximum absolute atomic E-state index is 13.1. The van der Waals surface area contributed by atoms with Gasteiger partial charge in [0.1, 0.15) is 5.54 Å². The van der Waals surface area contributed by atoms with E-state index in [4.69, 9.17) is 5.73 Å². The third kappa shape index (κ3) is 4.26. The van der Waals surface area contributed by atoms with Crippen LogP contribution in [0.5, 0.6) is 0 Å². The standard InChI is InChI=1S/C21H26N2O2.ClH/c1-21(22,17-11-6-3-7-12-17)20(25)23-14-8-13-18(23)15-19(24)16-9-4-2-5-10-16;/h2-7,9-12,18-19,24H,8,13-15,22H2,1H3;1H. The second-order valence-corrected chi connectivity index (χ2v) is 7.03. The number of benzene rings is 2. The zero-order valence-electron chi connectivity index (χ0n) is 15.0. The summed E-state index contributed by atoms with van der Waals surface area (Å²) in [7, 11) is 0. The summed E-state index contributed by atoms with van der Waals surface area (Å²) >= 11 is 0. The Morgan fingerprint density at radius 3 is 2.38 bits per heavy atom. The van der Waals surface area contributed by atoms with E-state index < -0.39 is 11.6 Å². The lowest BCUT2D eigenvalue weighted by atomic mass is 9.91. The van der Waals surface area contributed by atoms with Crippen LogP contribution in [-0.4, -0.2) is 28.5 Å². The number of halogens is 1. The van der Waals surface area contributed by atoms with Gasteiger partial charge >= 0.3 is 0 Å². The highest BCUT2D eigenvalue weighted by atomic mass is 35.5.